The molecule has 6 nitrogen and oxygen atoms in total. The van der Waals surface area contributed by atoms with Crippen molar-refractivity contribution in [3.05, 3.63) is 41.5 Å². The van der Waals surface area contributed by atoms with Gasteiger partial charge in [0.1, 0.15) is 5.75 Å². The zero-order chi connectivity index (χ0) is 23.9. The molecule has 2 aromatic carbocycles. The third-order valence-corrected chi connectivity index (χ3v) is 7.36. The topological polar surface area (TPSA) is 53.1 Å². The molecule has 0 radical (unpaired) electrons. The zero-order valence-corrected chi connectivity index (χ0v) is 21.2. The van der Waals surface area contributed by atoms with Crippen molar-refractivity contribution in [1.29, 1.82) is 0 Å². The maximum absolute atomic E-state index is 12.1. The SMILES string of the molecule is COc1ccc(CN2C(=O)CSC2=O)cc1-c1cc2c(cc1C)N(C(C)C)CCN2C(C)C. The molecule has 2 aliphatic heterocycles. The molecule has 1 saturated heterocycles. The third kappa shape index (κ3) is 4.43. The molecule has 0 unspecified atom stereocenters. The maximum Gasteiger partial charge on any atom is 0.289 e. The van der Waals surface area contributed by atoms with Crippen LogP contribution in [0.2, 0.25) is 0 Å². The van der Waals surface area contributed by atoms with Crippen LogP contribution < -0.4 is 14.5 Å². The van der Waals surface area contributed by atoms with Gasteiger partial charge in [-0.3, -0.25) is 14.5 Å². The molecule has 1 fully saturated rings. The lowest BCUT2D eigenvalue weighted by molar-refractivity contribution is -0.125. The number of benzene rings is 2. The van der Waals surface area contributed by atoms with Gasteiger partial charge in [0.25, 0.3) is 5.24 Å². The van der Waals surface area contributed by atoms with E-state index in [0.717, 1.165) is 47.3 Å². The van der Waals surface area contributed by atoms with Crippen LogP contribution in [0.1, 0.15) is 38.8 Å². The molecule has 0 aliphatic carbocycles. The van der Waals surface area contributed by atoms with Crippen LogP contribution in [0.15, 0.2) is 30.3 Å². The second kappa shape index (κ2) is 9.29. The van der Waals surface area contributed by atoms with E-state index in [4.69, 9.17) is 4.74 Å². The van der Waals surface area contributed by atoms with Gasteiger partial charge in [-0.2, -0.15) is 0 Å². The van der Waals surface area contributed by atoms with Crippen LogP contribution in [0, 0.1) is 6.92 Å². The Balaban J connectivity index is 1.80. The van der Waals surface area contributed by atoms with Crippen molar-refractivity contribution in [2.45, 2.75) is 53.2 Å². The summed E-state index contributed by atoms with van der Waals surface area (Å²) in [7, 11) is 1.68. The predicted molar refractivity (Wildman–Crippen MR) is 137 cm³/mol. The van der Waals surface area contributed by atoms with Crippen molar-refractivity contribution in [3.8, 4) is 16.9 Å². The number of hydrogen-bond donors (Lipinski definition) is 0. The molecular weight excluding hydrogens is 434 g/mol. The summed E-state index contributed by atoms with van der Waals surface area (Å²) >= 11 is 1.07. The van der Waals surface area contributed by atoms with Gasteiger partial charge in [0.05, 0.1) is 30.8 Å². The summed E-state index contributed by atoms with van der Waals surface area (Å²) in [6.45, 7) is 13.4. The fraction of sp³-hybridized carbons (Fsp3) is 0.462. The lowest BCUT2D eigenvalue weighted by atomic mass is 9.94. The van der Waals surface area contributed by atoms with Crippen molar-refractivity contribution in [1.82, 2.24) is 4.90 Å². The Hall–Kier alpha value is -2.67. The molecule has 2 aliphatic rings. The number of amides is 2. The minimum absolute atomic E-state index is 0.131. The van der Waals surface area contributed by atoms with Crippen molar-refractivity contribution in [2.24, 2.45) is 0 Å². The molecular formula is C26H33N3O3S. The first kappa shape index (κ1) is 23.5. The molecule has 176 valence electrons. The standard InChI is InChI=1S/C26H33N3O3S/c1-16(2)27-9-10-28(17(3)4)23-13-20(18(5)11-22(23)27)21-12-19(7-8-24(21)32-6)14-29-25(30)15-33-26(29)31/h7-8,11-13,16-17H,9-10,14-15H2,1-6H3. The lowest BCUT2D eigenvalue weighted by Gasteiger charge is -2.43. The molecule has 0 atom stereocenters. The van der Waals surface area contributed by atoms with E-state index in [1.165, 1.54) is 21.8 Å². The summed E-state index contributed by atoms with van der Waals surface area (Å²) in [6.07, 6.45) is 0. The van der Waals surface area contributed by atoms with Crippen LogP contribution in [0.3, 0.4) is 0 Å². The highest BCUT2D eigenvalue weighted by Gasteiger charge is 2.30. The Bertz CT molecular complexity index is 1070. The molecule has 0 saturated carbocycles. The van der Waals surface area contributed by atoms with Gasteiger partial charge in [-0.1, -0.05) is 17.8 Å². The van der Waals surface area contributed by atoms with Crippen molar-refractivity contribution in [3.63, 3.8) is 0 Å². The van der Waals surface area contributed by atoms with Crippen molar-refractivity contribution in [2.75, 3.05) is 35.8 Å². The summed E-state index contributed by atoms with van der Waals surface area (Å²) in [5.74, 6) is 0.875. The van der Waals surface area contributed by atoms with E-state index in [9.17, 15) is 9.59 Å². The van der Waals surface area contributed by atoms with Crippen LogP contribution >= 0.6 is 11.8 Å². The van der Waals surface area contributed by atoms with Crippen LogP contribution in [0.25, 0.3) is 11.1 Å². The number of aryl methyl sites for hydroxylation is 1. The number of methoxy groups -OCH3 is 1. The molecule has 2 amide bonds. The lowest BCUT2D eigenvalue weighted by Crippen LogP contribution is -2.46. The fourth-order valence-electron chi connectivity index (χ4n) is 4.74. The van der Waals surface area contributed by atoms with E-state index in [1.54, 1.807) is 7.11 Å². The quantitative estimate of drug-likeness (QED) is 0.574. The van der Waals surface area contributed by atoms with E-state index in [1.807, 2.05) is 12.1 Å². The molecule has 4 rings (SSSR count). The Morgan fingerprint density at radius 2 is 1.58 bits per heavy atom. The first-order chi connectivity index (χ1) is 15.7. The number of hydrogen-bond acceptors (Lipinski definition) is 6. The summed E-state index contributed by atoms with van der Waals surface area (Å²) < 4.78 is 5.72. The van der Waals surface area contributed by atoms with Crippen molar-refractivity contribution < 1.29 is 14.3 Å². The third-order valence-electron chi connectivity index (χ3n) is 6.50. The normalized spacial score (nSPS) is 16.3. The summed E-state index contributed by atoms with van der Waals surface area (Å²) in [4.78, 5) is 30.5. The van der Waals surface area contributed by atoms with E-state index in [-0.39, 0.29) is 23.4 Å². The monoisotopic (exact) mass is 467 g/mol. The van der Waals surface area contributed by atoms with Crippen LogP contribution in [0.4, 0.5) is 16.2 Å². The van der Waals surface area contributed by atoms with Crippen molar-refractivity contribution >= 4 is 34.3 Å². The number of ether oxygens (including phenoxy) is 1. The van der Waals surface area contributed by atoms with Gasteiger partial charge in [-0.25, -0.2) is 0 Å². The smallest absolute Gasteiger partial charge is 0.289 e. The fourth-order valence-corrected chi connectivity index (χ4v) is 5.47. The number of anilines is 2. The summed E-state index contributed by atoms with van der Waals surface area (Å²) in [5.41, 5.74) is 6.68. The van der Waals surface area contributed by atoms with Gasteiger partial charge in [0.2, 0.25) is 5.91 Å². The van der Waals surface area contributed by atoms with Gasteiger partial charge >= 0.3 is 0 Å². The van der Waals surface area contributed by atoms with Gasteiger partial charge in [0.15, 0.2) is 0 Å². The van der Waals surface area contributed by atoms with Gasteiger partial charge in [0, 0.05) is 30.7 Å². The highest BCUT2D eigenvalue weighted by Crippen LogP contribution is 2.43. The zero-order valence-electron chi connectivity index (χ0n) is 20.3. The highest BCUT2D eigenvalue weighted by molar-refractivity contribution is 8.14. The molecule has 7 heteroatoms. The first-order valence-corrected chi connectivity index (χ1v) is 12.5. The van der Waals surface area contributed by atoms with Gasteiger partial charge in [-0.05, 0) is 75.6 Å². The Morgan fingerprint density at radius 1 is 0.939 bits per heavy atom. The largest absolute Gasteiger partial charge is 0.496 e. The molecule has 0 bridgehead atoms. The Kier molecular flexibility index (Phi) is 6.61. The summed E-state index contributed by atoms with van der Waals surface area (Å²) in [5, 5.41) is -0.177. The molecule has 33 heavy (non-hydrogen) atoms. The Labute approximate surface area is 200 Å². The molecule has 0 spiro atoms. The number of nitrogens with zero attached hydrogens (tertiary/aromatic N) is 3. The minimum atomic E-state index is -0.177. The predicted octanol–water partition coefficient (Wildman–Crippen LogP) is 5.31. The summed E-state index contributed by atoms with van der Waals surface area (Å²) in [6, 6.07) is 11.3. The minimum Gasteiger partial charge on any atom is -0.496 e. The number of thioether (sulfide) groups is 1. The maximum atomic E-state index is 12.1. The molecule has 2 heterocycles. The number of fused-ring (bicyclic) bond motifs is 1. The average Bonchev–Trinajstić information content (AvgIpc) is 3.09. The molecule has 0 aromatic heterocycles. The molecule has 2 aromatic rings. The van der Waals surface area contributed by atoms with E-state index >= 15 is 0 Å². The van der Waals surface area contributed by atoms with Gasteiger partial charge in [-0.15, -0.1) is 0 Å². The number of imide groups is 1. The van der Waals surface area contributed by atoms with E-state index < -0.39 is 0 Å². The van der Waals surface area contributed by atoms with Crippen LogP contribution in [0.5, 0.6) is 5.75 Å². The van der Waals surface area contributed by atoms with E-state index in [0.29, 0.717) is 12.1 Å². The van der Waals surface area contributed by atoms with E-state index in [2.05, 4.69) is 62.6 Å². The second-order valence-corrected chi connectivity index (χ2v) is 10.2. The second-order valence-electron chi connectivity index (χ2n) is 9.30. The average molecular weight is 468 g/mol. The van der Waals surface area contributed by atoms with Gasteiger partial charge < -0.3 is 14.5 Å². The van der Waals surface area contributed by atoms with Crippen LogP contribution in [-0.4, -0.2) is 54.1 Å². The molecule has 0 N–H and O–H groups in total. The number of rotatable bonds is 6. The highest BCUT2D eigenvalue weighted by atomic mass is 32.2. The first-order valence-electron chi connectivity index (χ1n) is 11.5. The Morgan fingerprint density at radius 3 is 2.12 bits per heavy atom. The number of carbonyl (C=O) groups excluding carboxylic acids is 2. The van der Waals surface area contributed by atoms with Crippen LogP contribution in [-0.2, 0) is 11.3 Å². The number of carbonyl (C=O) groups is 2.